The summed E-state index contributed by atoms with van der Waals surface area (Å²) in [5.41, 5.74) is 0. The zero-order valence-electron chi connectivity index (χ0n) is 9.73. The minimum absolute atomic E-state index is 0.0591. The van der Waals surface area contributed by atoms with Crippen molar-refractivity contribution >= 4 is 5.91 Å². The van der Waals surface area contributed by atoms with Crippen molar-refractivity contribution in [3.63, 3.8) is 0 Å². The van der Waals surface area contributed by atoms with Gasteiger partial charge in [0.05, 0.1) is 6.61 Å². The van der Waals surface area contributed by atoms with Crippen LogP contribution >= 0.6 is 0 Å². The molecule has 1 atom stereocenters. The number of piperazine rings is 1. The molecule has 2 heterocycles. The summed E-state index contributed by atoms with van der Waals surface area (Å²) in [6.45, 7) is 10.1. The van der Waals surface area contributed by atoms with Gasteiger partial charge in [-0.2, -0.15) is 0 Å². The second-order valence-electron chi connectivity index (χ2n) is 4.56. The zero-order valence-corrected chi connectivity index (χ0v) is 9.73. The molecule has 1 amide bonds. The monoisotopic (exact) mass is 224 g/mol. The van der Waals surface area contributed by atoms with Gasteiger partial charge in [-0.05, 0) is 18.4 Å². The van der Waals surface area contributed by atoms with Crippen LogP contribution in [0.5, 0.6) is 0 Å². The van der Waals surface area contributed by atoms with Gasteiger partial charge in [0, 0.05) is 39.3 Å². The number of ether oxygens (including phenoxy) is 1. The molecule has 16 heavy (non-hydrogen) atoms. The summed E-state index contributed by atoms with van der Waals surface area (Å²) in [7, 11) is 0. The molecule has 0 aromatic rings. The summed E-state index contributed by atoms with van der Waals surface area (Å²) < 4.78 is 5.37. The second kappa shape index (κ2) is 5.46. The topological polar surface area (TPSA) is 32.8 Å². The molecule has 0 aromatic heterocycles. The Morgan fingerprint density at radius 1 is 1.38 bits per heavy atom. The van der Waals surface area contributed by atoms with Crippen molar-refractivity contribution in [2.75, 3.05) is 45.9 Å². The molecule has 0 N–H and O–H groups in total. The quantitative estimate of drug-likeness (QED) is 0.649. The van der Waals surface area contributed by atoms with Crippen LogP contribution in [0.25, 0.3) is 0 Å². The lowest BCUT2D eigenvalue weighted by molar-refractivity contribution is -0.127. The third-order valence-electron chi connectivity index (χ3n) is 3.40. The lowest BCUT2D eigenvalue weighted by atomic mass is 10.1. The first-order valence-electron chi connectivity index (χ1n) is 6.01. The molecule has 4 nitrogen and oxygen atoms in total. The van der Waals surface area contributed by atoms with Crippen LogP contribution in [0, 0.1) is 5.92 Å². The van der Waals surface area contributed by atoms with Crippen LogP contribution in [-0.4, -0.2) is 61.6 Å². The maximum Gasteiger partial charge on any atom is 0.246 e. The van der Waals surface area contributed by atoms with Gasteiger partial charge < -0.3 is 9.64 Å². The van der Waals surface area contributed by atoms with Crippen LogP contribution in [0.15, 0.2) is 12.7 Å². The fourth-order valence-electron chi connectivity index (χ4n) is 2.37. The molecular formula is C12H20N2O2. The molecule has 2 saturated heterocycles. The van der Waals surface area contributed by atoms with E-state index in [9.17, 15) is 4.79 Å². The maximum atomic E-state index is 11.4. The zero-order chi connectivity index (χ0) is 11.4. The number of nitrogens with zero attached hydrogens (tertiary/aromatic N) is 2. The Kier molecular flexibility index (Phi) is 3.96. The minimum Gasteiger partial charge on any atom is -0.381 e. The third-order valence-corrected chi connectivity index (χ3v) is 3.40. The van der Waals surface area contributed by atoms with Crippen molar-refractivity contribution in [3.8, 4) is 0 Å². The Morgan fingerprint density at radius 3 is 2.69 bits per heavy atom. The first kappa shape index (κ1) is 11.6. The first-order valence-corrected chi connectivity index (χ1v) is 6.01. The predicted molar refractivity (Wildman–Crippen MR) is 62.1 cm³/mol. The molecule has 2 aliphatic heterocycles. The molecular weight excluding hydrogens is 204 g/mol. The van der Waals surface area contributed by atoms with Crippen LogP contribution < -0.4 is 0 Å². The molecule has 0 radical (unpaired) electrons. The van der Waals surface area contributed by atoms with E-state index in [1.54, 1.807) is 0 Å². The van der Waals surface area contributed by atoms with Gasteiger partial charge in [-0.25, -0.2) is 0 Å². The van der Waals surface area contributed by atoms with Crippen LogP contribution in [-0.2, 0) is 9.53 Å². The largest absolute Gasteiger partial charge is 0.381 e. The summed E-state index contributed by atoms with van der Waals surface area (Å²) in [6, 6.07) is 0. The lowest BCUT2D eigenvalue weighted by Crippen LogP contribution is -2.49. The van der Waals surface area contributed by atoms with Crippen LogP contribution in [0.4, 0.5) is 0 Å². The molecule has 1 unspecified atom stereocenters. The fourth-order valence-corrected chi connectivity index (χ4v) is 2.37. The fraction of sp³-hybridized carbons (Fsp3) is 0.750. The number of rotatable bonds is 3. The first-order chi connectivity index (χ1) is 7.79. The molecule has 90 valence electrons. The Hall–Kier alpha value is -0.870. The Balaban J connectivity index is 1.72. The SMILES string of the molecule is C=CC(=O)N1CCN(CC2CCOC2)CC1. The smallest absolute Gasteiger partial charge is 0.246 e. The van der Waals surface area contributed by atoms with E-state index in [0.29, 0.717) is 5.92 Å². The van der Waals surface area contributed by atoms with Crippen molar-refractivity contribution in [1.82, 2.24) is 9.80 Å². The van der Waals surface area contributed by atoms with E-state index in [1.807, 2.05) is 4.90 Å². The molecule has 2 fully saturated rings. The van der Waals surface area contributed by atoms with Gasteiger partial charge in [0.2, 0.25) is 5.91 Å². The molecule has 0 saturated carbocycles. The average molecular weight is 224 g/mol. The summed E-state index contributed by atoms with van der Waals surface area (Å²) in [4.78, 5) is 15.7. The van der Waals surface area contributed by atoms with E-state index in [2.05, 4.69) is 11.5 Å². The minimum atomic E-state index is 0.0591. The van der Waals surface area contributed by atoms with Crippen molar-refractivity contribution in [1.29, 1.82) is 0 Å². The molecule has 0 spiro atoms. The van der Waals surface area contributed by atoms with Crippen molar-refractivity contribution in [2.45, 2.75) is 6.42 Å². The summed E-state index contributed by atoms with van der Waals surface area (Å²) in [6.07, 6.45) is 2.59. The van der Waals surface area contributed by atoms with Gasteiger partial charge in [0.25, 0.3) is 0 Å². The third kappa shape index (κ3) is 2.83. The van der Waals surface area contributed by atoms with Gasteiger partial charge in [-0.15, -0.1) is 0 Å². The lowest BCUT2D eigenvalue weighted by Gasteiger charge is -2.35. The number of carbonyl (C=O) groups excluding carboxylic acids is 1. The number of hydrogen-bond acceptors (Lipinski definition) is 3. The molecule has 4 heteroatoms. The molecule has 0 aromatic carbocycles. The van der Waals surface area contributed by atoms with Gasteiger partial charge in [0.1, 0.15) is 0 Å². The second-order valence-corrected chi connectivity index (χ2v) is 4.56. The van der Waals surface area contributed by atoms with Gasteiger partial charge in [-0.3, -0.25) is 9.69 Å². The van der Waals surface area contributed by atoms with Gasteiger partial charge in [0.15, 0.2) is 0 Å². The average Bonchev–Trinajstić information content (AvgIpc) is 2.82. The molecule has 0 aliphatic carbocycles. The number of carbonyl (C=O) groups is 1. The highest BCUT2D eigenvalue weighted by Crippen LogP contribution is 2.15. The predicted octanol–water partition coefficient (Wildman–Crippen LogP) is 0.353. The van der Waals surface area contributed by atoms with E-state index in [1.165, 1.54) is 12.5 Å². The normalized spacial score (nSPS) is 27.0. The number of hydrogen-bond donors (Lipinski definition) is 0. The highest BCUT2D eigenvalue weighted by Gasteiger charge is 2.23. The van der Waals surface area contributed by atoms with Crippen molar-refractivity contribution in [3.05, 3.63) is 12.7 Å². The molecule has 2 rings (SSSR count). The highest BCUT2D eigenvalue weighted by molar-refractivity contribution is 5.87. The Labute approximate surface area is 96.8 Å². The van der Waals surface area contributed by atoms with Crippen molar-refractivity contribution in [2.24, 2.45) is 5.92 Å². The maximum absolute atomic E-state index is 11.4. The van der Waals surface area contributed by atoms with Crippen LogP contribution in [0.3, 0.4) is 0 Å². The van der Waals surface area contributed by atoms with E-state index in [4.69, 9.17) is 4.74 Å². The van der Waals surface area contributed by atoms with Crippen LogP contribution in [0.2, 0.25) is 0 Å². The summed E-state index contributed by atoms with van der Waals surface area (Å²) >= 11 is 0. The van der Waals surface area contributed by atoms with Crippen molar-refractivity contribution < 1.29 is 9.53 Å². The standard InChI is InChI=1S/C12H20N2O2/c1-2-12(15)14-6-4-13(5-7-14)9-11-3-8-16-10-11/h2,11H,1,3-10H2. The van der Waals surface area contributed by atoms with E-state index >= 15 is 0 Å². The van der Waals surface area contributed by atoms with E-state index in [0.717, 1.165) is 45.9 Å². The molecule has 0 bridgehead atoms. The summed E-state index contributed by atoms with van der Waals surface area (Å²) in [5.74, 6) is 0.755. The Bertz CT molecular complexity index is 254. The highest BCUT2D eigenvalue weighted by atomic mass is 16.5. The number of amides is 1. The Morgan fingerprint density at radius 2 is 2.12 bits per heavy atom. The van der Waals surface area contributed by atoms with Crippen LogP contribution in [0.1, 0.15) is 6.42 Å². The van der Waals surface area contributed by atoms with E-state index in [-0.39, 0.29) is 5.91 Å². The summed E-state index contributed by atoms with van der Waals surface area (Å²) in [5, 5.41) is 0. The van der Waals surface area contributed by atoms with Gasteiger partial charge >= 0.3 is 0 Å². The molecule has 2 aliphatic rings. The van der Waals surface area contributed by atoms with E-state index < -0.39 is 0 Å². The van der Waals surface area contributed by atoms with Gasteiger partial charge in [-0.1, -0.05) is 6.58 Å².